The summed E-state index contributed by atoms with van der Waals surface area (Å²) in [5, 5.41) is 3.20. The Kier molecular flexibility index (Phi) is 8.25. The number of halogens is 1. The van der Waals surface area contributed by atoms with Crippen molar-refractivity contribution in [3.63, 3.8) is 0 Å². The van der Waals surface area contributed by atoms with Gasteiger partial charge in [-0.15, -0.1) is 0 Å². The molecule has 9 nitrogen and oxygen atoms in total. The number of carbonyl (C=O) groups excluding carboxylic acids is 1. The Morgan fingerprint density at radius 1 is 1.03 bits per heavy atom. The number of amides is 1. The molecular weight excluding hydrogens is 502 g/mol. The van der Waals surface area contributed by atoms with Gasteiger partial charge in [-0.05, 0) is 69.2 Å². The Morgan fingerprint density at radius 3 is 2.18 bits per heavy atom. The third kappa shape index (κ3) is 6.08. The molecule has 0 radical (unpaired) electrons. The number of carbonyl (C=O) groups is 1. The van der Waals surface area contributed by atoms with Crippen LogP contribution in [0.5, 0.6) is 5.75 Å². The molecule has 1 aliphatic rings. The van der Waals surface area contributed by atoms with Gasteiger partial charge in [0.2, 0.25) is 26.0 Å². The van der Waals surface area contributed by atoms with Crippen LogP contribution in [-0.2, 0) is 24.8 Å². The number of benzene rings is 2. The van der Waals surface area contributed by atoms with Crippen molar-refractivity contribution in [1.29, 1.82) is 0 Å². The molecule has 0 bridgehead atoms. The number of methoxy groups -OCH3 is 1. The lowest BCUT2D eigenvalue weighted by molar-refractivity contribution is -0.120. The predicted molar refractivity (Wildman–Crippen MR) is 130 cm³/mol. The fraction of sp³-hybridized carbons (Fsp3) is 0.409. The fourth-order valence-electron chi connectivity index (χ4n) is 3.68. The molecule has 0 spiro atoms. The molecule has 1 aliphatic heterocycles. The van der Waals surface area contributed by atoms with Gasteiger partial charge < -0.3 is 10.1 Å². The highest BCUT2D eigenvalue weighted by Gasteiger charge is 2.32. The number of nitrogens with one attached hydrogen (secondary N) is 2. The first kappa shape index (κ1) is 26.4. The van der Waals surface area contributed by atoms with Gasteiger partial charge in [0.05, 0.1) is 22.6 Å². The highest BCUT2D eigenvalue weighted by molar-refractivity contribution is 7.89. The van der Waals surface area contributed by atoms with E-state index in [-0.39, 0.29) is 40.5 Å². The van der Waals surface area contributed by atoms with Crippen LogP contribution in [0.2, 0.25) is 5.02 Å². The van der Waals surface area contributed by atoms with Crippen molar-refractivity contribution in [3.05, 3.63) is 47.5 Å². The van der Waals surface area contributed by atoms with E-state index in [4.69, 9.17) is 16.3 Å². The van der Waals surface area contributed by atoms with E-state index < -0.39 is 26.0 Å². The number of sulfonamides is 2. The molecule has 3 rings (SSSR count). The highest BCUT2D eigenvalue weighted by atomic mass is 35.5. The summed E-state index contributed by atoms with van der Waals surface area (Å²) in [5.74, 6) is -0.441. The SMILES string of the molecule is COc1ccc(S(=O)(=O)NC(C)C)cc1NC(=O)C1CCN(S(=O)(=O)c2ccc(Cl)cc2)CC1. The standard InChI is InChI=1S/C22H28ClN3O6S2/c1-15(2)25-33(28,29)19-8-9-21(32-3)20(14-19)24-22(27)16-10-12-26(13-11-16)34(30,31)18-6-4-17(23)5-7-18/h4-9,14-16,25H,10-13H2,1-3H3,(H,24,27). The summed E-state index contributed by atoms with van der Waals surface area (Å²) in [4.78, 5) is 13.1. The van der Waals surface area contributed by atoms with E-state index in [0.717, 1.165) is 0 Å². The van der Waals surface area contributed by atoms with E-state index in [1.54, 1.807) is 13.8 Å². The molecule has 12 heteroatoms. The molecular formula is C22H28ClN3O6S2. The van der Waals surface area contributed by atoms with Crippen LogP contribution in [-0.4, -0.2) is 53.3 Å². The maximum Gasteiger partial charge on any atom is 0.243 e. The van der Waals surface area contributed by atoms with Crippen molar-refractivity contribution < 1.29 is 26.4 Å². The monoisotopic (exact) mass is 529 g/mol. The summed E-state index contributed by atoms with van der Waals surface area (Å²) >= 11 is 5.85. The number of hydrogen-bond donors (Lipinski definition) is 2. The van der Waals surface area contributed by atoms with E-state index in [9.17, 15) is 21.6 Å². The second-order valence-electron chi connectivity index (χ2n) is 8.26. The minimum atomic E-state index is -3.76. The third-order valence-electron chi connectivity index (χ3n) is 5.41. The molecule has 186 valence electrons. The Bertz CT molecular complexity index is 1240. The van der Waals surface area contributed by atoms with E-state index in [0.29, 0.717) is 23.6 Å². The first-order valence-corrected chi connectivity index (χ1v) is 14.0. The molecule has 34 heavy (non-hydrogen) atoms. The molecule has 0 aliphatic carbocycles. The van der Waals surface area contributed by atoms with Crippen molar-refractivity contribution in [2.45, 2.75) is 42.5 Å². The number of piperidine rings is 1. The van der Waals surface area contributed by atoms with Crippen LogP contribution < -0.4 is 14.8 Å². The number of anilines is 1. The minimum Gasteiger partial charge on any atom is -0.495 e. The van der Waals surface area contributed by atoms with E-state index in [2.05, 4.69) is 10.0 Å². The van der Waals surface area contributed by atoms with Gasteiger partial charge in [-0.3, -0.25) is 4.79 Å². The van der Waals surface area contributed by atoms with Gasteiger partial charge in [0.15, 0.2) is 0 Å². The average molecular weight is 530 g/mol. The molecule has 2 aromatic carbocycles. The van der Waals surface area contributed by atoms with Gasteiger partial charge in [-0.2, -0.15) is 4.31 Å². The average Bonchev–Trinajstić information content (AvgIpc) is 2.78. The van der Waals surface area contributed by atoms with Crippen LogP contribution in [0.4, 0.5) is 5.69 Å². The predicted octanol–water partition coefficient (Wildman–Crippen LogP) is 3.07. The molecule has 2 aromatic rings. The zero-order valence-corrected chi connectivity index (χ0v) is 21.5. The van der Waals surface area contributed by atoms with Crippen molar-refractivity contribution in [2.75, 3.05) is 25.5 Å². The molecule has 1 amide bonds. The van der Waals surface area contributed by atoms with Gasteiger partial charge in [0.25, 0.3) is 0 Å². The Hall–Kier alpha value is -2.18. The van der Waals surface area contributed by atoms with Crippen LogP contribution in [0.3, 0.4) is 0 Å². The zero-order valence-electron chi connectivity index (χ0n) is 19.1. The molecule has 0 unspecified atom stereocenters. The molecule has 0 atom stereocenters. The van der Waals surface area contributed by atoms with E-state index >= 15 is 0 Å². The normalized spacial score (nSPS) is 15.9. The van der Waals surface area contributed by atoms with Gasteiger partial charge in [-0.1, -0.05) is 11.6 Å². The zero-order chi connectivity index (χ0) is 25.1. The van der Waals surface area contributed by atoms with E-state index in [1.165, 1.54) is 53.9 Å². The maximum atomic E-state index is 12.9. The Morgan fingerprint density at radius 2 is 1.62 bits per heavy atom. The molecule has 0 aromatic heterocycles. The summed E-state index contributed by atoms with van der Waals surface area (Å²) < 4.78 is 59.9. The minimum absolute atomic E-state index is 0.00109. The van der Waals surface area contributed by atoms with Crippen LogP contribution in [0.15, 0.2) is 52.3 Å². The first-order chi connectivity index (χ1) is 15.9. The molecule has 1 heterocycles. The topological polar surface area (TPSA) is 122 Å². The second-order valence-corrected chi connectivity index (χ2v) is 12.3. The Labute approximate surface area is 205 Å². The molecule has 0 saturated carbocycles. The van der Waals surface area contributed by atoms with Gasteiger partial charge >= 0.3 is 0 Å². The van der Waals surface area contributed by atoms with Crippen LogP contribution >= 0.6 is 11.6 Å². The van der Waals surface area contributed by atoms with Crippen LogP contribution in [0.25, 0.3) is 0 Å². The fourth-order valence-corrected chi connectivity index (χ4v) is 6.55. The van der Waals surface area contributed by atoms with Gasteiger partial charge in [0.1, 0.15) is 5.75 Å². The van der Waals surface area contributed by atoms with Gasteiger partial charge in [0, 0.05) is 30.1 Å². The smallest absolute Gasteiger partial charge is 0.243 e. The molecule has 1 fully saturated rings. The summed E-state index contributed by atoms with van der Waals surface area (Å²) in [6.07, 6.45) is 0.654. The van der Waals surface area contributed by atoms with Crippen molar-refractivity contribution in [2.24, 2.45) is 5.92 Å². The highest BCUT2D eigenvalue weighted by Crippen LogP contribution is 2.30. The molecule has 1 saturated heterocycles. The van der Waals surface area contributed by atoms with E-state index in [1.807, 2.05) is 0 Å². The van der Waals surface area contributed by atoms with Crippen LogP contribution in [0.1, 0.15) is 26.7 Å². The summed E-state index contributed by atoms with van der Waals surface area (Å²) in [5.41, 5.74) is 0.232. The Balaban J connectivity index is 1.70. The van der Waals surface area contributed by atoms with Crippen molar-refractivity contribution >= 4 is 43.2 Å². The number of hydrogen-bond acceptors (Lipinski definition) is 6. The van der Waals surface area contributed by atoms with Crippen LogP contribution in [0, 0.1) is 5.92 Å². The molecule has 2 N–H and O–H groups in total. The summed E-state index contributed by atoms with van der Waals surface area (Å²) in [6.45, 7) is 3.80. The third-order valence-corrected chi connectivity index (χ3v) is 9.23. The quantitative estimate of drug-likeness (QED) is 0.542. The van der Waals surface area contributed by atoms with Gasteiger partial charge in [-0.25, -0.2) is 21.6 Å². The van der Waals surface area contributed by atoms with Crippen molar-refractivity contribution in [3.8, 4) is 5.75 Å². The lowest BCUT2D eigenvalue weighted by Crippen LogP contribution is -2.41. The number of ether oxygens (including phenoxy) is 1. The van der Waals surface area contributed by atoms with Crippen molar-refractivity contribution in [1.82, 2.24) is 9.03 Å². The second kappa shape index (κ2) is 10.6. The summed E-state index contributed by atoms with van der Waals surface area (Å²) in [6, 6.07) is 9.89. The first-order valence-electron chi connectivity index (χ1n) is 10.7. The largest absolute Gasteiger partial charge is 0.495 e. The lowest BCUT2D eigenvalue weighted by atomic mass is 9.97. The lowest BCUT2D eigenvalue weighted by Gasteiger charge is -2.30. The maximum absolute atomic E-state index is 12.9. The summed E-state index contributed by atoms with van der Waals surface area (Å²) in [7, 11) is -6.02. The number of nitrogens with zero attached hydrogens (tertiary/aromatic N) is 1. The number of rotatable bonds is 8.